The predicted molar refractivity (Wildman–Crippen MR) is 75.0 cm³/mol. The Morgan fingerprint density at radius 1 is 1.53 bits per heavy atom. The van der Waals surface area contributed by atoms with Crippen LogP contribution in [0.5, 0.6) is 0 Å². The van der Waals surface area contributed by atoms with Gasteiger partial charge in [-0.3, -0.25) is 11.3 Å². The second-order valence-corrected chi connectivity index (χ2v) is 5.70. The van der Waals surface area contributed by atoms with Crippen LogP contribution in [0.2, 0.25) is 5.02 Å². The fourth-order valence-electron chi connectivity index (χ4n) is 1.58. The summed E-state index contributed by atoms with van der Waals surface area (Å²) in [4.78, 5) is 4.25. The van der Waals surface area contributed by atoms with Crippen LogP contribution in [0.4, 0.5) is 0 Å². The average molecular weight is 333 g/mol. The molecule has 0 aliphatic carbocycles. The molecule has 0 saturated heterocycles. The summed E-state index contributed by atoms with van der Waals surface area (Å²) < 4.78 is 0.871. The number of nitrogens with one attached hydrogen (secondary N) is 1. The number of hydrogen-bond acceptors (Lipinski definition) is 4. The highest BCUT2D eigenvalue weighted by Gasteiger charge is 2.16. The van der Waals surface area contributed by atoms with Crippen molar-refractivity contribution >= 4 is 38.9 Å². The van der Waals surface area contributed by atoms with Gasteiger partial charge in [-0.1, -0.05) is 23.7 Å². The van der Waals surface area contributed by atoms with Crippen molar-refractivity contribution in [1.82, 2.24) is 10.4 Å². The van der Waals surface area contributed by atoms with Gasteiger partial charge in [0.05, 0.1) is 16.1 Å². The normalized spacial score (nSPS) is 12.6. The van der Waals surface area contributed by atoms with E-state index >= 15 is 0 Å². The lowest BCUT2D eigenvalue weighted by atomic mass is 10.0. The zero-order valence-corrected chi connectivity index (χ0v) is 12.0. The molecule has 1 heterocycles. The first-order valence-electron chi connectivity index (χ1n) is 5.00. The number of nitrogens with two attached hydrogens (primary N) is 1. The summed E-state index contributed by atoms with van der Waals surface area (Å²) in [5.41, 5.74) is 3.76. The molecule has 6 heteroatoms. The maximum atomic E-state index is 6.25. The second-order valence-electron chi connectivity index (χ2n) is 3.49. The van der Waals surface area contributed by atoms with Crippen molar-refractivity contribution in [2.24, 2.45) is 5.84 Å². The van der Waals surface area contributed by atoms with Gasteiger partial charge in [-0.2, -0.15) is 0 Å². The molecule has 90 valence electrons. The Hall–Kier alpha value is -0.460. The second kappa shape index (κ2) is 5.93. The minimum atomic E-state index is -0.0360. The largest absolute Gasteiger partial charge is 0.271 e. The zero-order chi connectivity index (χ0) is 12.3. The van der Waals surface area contributed by atoms with E-state index in [1.807, 2.05) is 23.6 Å². The molecule has 0 saturated carbocycles. The maximum Gasteiger partial charge on any atom is 0.0944 e. The number of thiazole rings is 1. The van der Waals surface area contributed by atoms with Crippen LogP contribution >= 0.6 is 38.9 Å². The molecule has 1 atom stereocenters. The molecule has 2 aromatic rings. The molecule has 2 rings (SSSR count). The molecule has 3 N–H and O–H groups in total. The van der Waals surface area contributed by atoms with E-state index in [2.05, 4.69) is 26.3 Å². The van der Waals surface area contributed by atoms with Crippen molar-refractivity contribution in [3.8, 4) is 0 Å². The van der Waals surface area contributed by atoms with Crippen molar-refractivity contribution in [2.75, 3.05) is 0 Å². The lowest BCUT2D eigenvalue weighted by Crippen LogP contribution is -2.29. The van der Waals surface area contributed by atoms with Gasteiger partial charge in [0.15, 0.2) is 0 Å². The molecule has 0 spiro atoms. The van der Waals surface area contributed by atoms with Crippen molar-refractivity contribution in [3.63, 3.8) is 0 Å². The predicted octanol–water partition coefficient (Wildman–Crippen LogP) is 3.31. The Balaban J connectivity index is 2.26. The Kier molecular flexibility index (Phi) is 4.53. The molecule has 3 nitrogen and oxygen atoms in total. The molecule has 1 unspecified atom stereocenters. The molecule has 0 aliphatic heterocycles. The molecular weight excluding hydrogens is 322 g/mol. The van der Waals surface area contributed by atoms with Gasteiger partial charge in [0.2, 0.25) is 0 Å². The van der Waals surface area contributed by atoms with E-state index in [1.165, 1.54) is 0 Å². The highest BCUT2D eigenvalue weighted by molar-refractivity contribution is 9.10. The summed E-state index contributed by atoms with van der Waals surface area (Å²) in [5.74, 6) is 5.59. The molecule has 0 amide bonds. The van der Waals surface area contributed by atoms with E-state index < -0.39 is 0 Å². The van der Waals surface area contributed by atoms with Crippen LogP contribution in [0.15, 0.2) is 34.2 Å². The number of aromatic nitrogens is 1. The van der Waals surface area contributed by atoms with E-state index in [0.717, 1.165) is 21.5 Å². The third kappa shape index (κ3) is 3.05. The van der Waals surface area contributed by atoms with Crippen LogP contribution in [0, 0.1) is 0 Å². The summed E-state index contributed by atoms with van der Waals surface area (Å²) in [6.07, 6.45) is 2.51. The van der Waals surface area contributed by atoms with Crippen molar-refractivity contribution in [3.05, 3.63) is 49.8 Å². The molecular formula is C11H11BrClN3S. The number of benzene rings is 1. The quantitative estimate of drug-likeness (QED) is 0.667. The van der Waals surface area contributed by atoms with Gasteiger partial charge in [0.25, 0.3) is 0 Å². The molecule has 0 fully saturated rings. The summed E-state index contributed by atoms with van der Waals surface area (Å²) >= 11 is 11.3. The Morgan fingerprint density at radius 2 is 2.35 bits per heavy atom. The third-order valence-corrected chi connectivity index (χ3v) is 4.53. The van der Waals surface area contributed by atoms with E-state index in [9.17, 15) is 0 Å². The molecule has 0 radical (unpaired) electrons. The van der Waals surface area contributed by atoms with Crippen LogP contribution in [-0.4, -0.2) is 4.98 Å². The molecule has 1 aromatic carbocycles. The van der Waals surface area contributed by atoms with Crippen LogP contribution in [-0.2, 0) is 6.42 Å². The molecule has 1 aromatic heterocycles. The summed E-state index contributed by atoms with van der Waals surface area (Å²) in [6, 6.07) is 5.78. The number of halogens is 2. The number of nitrogens with zero attached hydrogens (tertiary/aromatic N) is 1. The zero-order valence-electron chi connectivity index (χ0n) is 8.86. The van der Waals surface area contributed by atoms with Gasteiger partial charge in [-0.15, -0.1) is 11.3 Å². The Morgan fingerprint density at radius 3 is 3.00 bits per heavy atom. The highest BCUT2D eigenvalue weighted by atomic mass is 79.9. The minimum absolute atomic E-state index is 0.0360. The minimum Gasteiger partial charge on any atom is -0.271 e. The fourth-order valence-corrected chi connectivity index (χ4v) is 2.88. The van der Waals surface area contributed by atoms with Crippen molar-refractivity contribution in [2.45, 2.75) is 12.5 Å². The average Bonchev–Trinajstić information content (AvgIpc) is 2.83. The first kappa shape index (κ1) is 13.0. The summed E-state index contributed by atoms with van der Waals surface area (Å²) in [6.45, 7) is 0. The fraction of sp³-hybridized carbons (Fsp3) is 0.182. The first-order valence-corrected chi connectivity index (χ1v) is 7.06. The van der Waals surface area contributed by atoms with Gasteiger partial charge >= 0.3 is 0 Å². The number of hydrazine groups is 1. The standard InChI is InChI=1S/C11H11BrClN3S/c12-8-3-1-2-7(11(8)13)9(16-14)6-10-15-4-5-17-10/h1-5,9,16H,6,14H2. The van der Waals surface area contributed by atoms with Gasteiger partial charge < -0.3 is 0 Å². The Labute approximate surface area is 117 Å². The van der Waals surface area contributed by atoms with E-state index in [-0.39, 0.29) is 6.04 Å². The van der Waals surface area contributed by atoms with Gasteiger partial charge in [-0.25, -0.2) is 4.98 Å². The smallest absolute Gasteiger partial charge is 0.0944 e. The molecule has 0 bridgehead atoms. The summed E-state index contributed by atoms with van der Waals surface area (Å²) in [7, 11) is 0. The van der Waals surface area contributed by atoms with Crippen molar-refractivity contribution < 1.29 is 0 Å². The van der Waals surface area contributed by atoms with E-state index in [4.69, 9.17) is 17.4 Å². The number of rotatable bonds is 4. The highest BCUT2D eigenvalue weighted by Crippen LogP contribution is 2.31. The topological polar surface area (TPSA) is 50.9 Å². The van der Waals surface area contributed by atoms with Crippen LogP contribution in [0.1, 0.15) is 16.6 Å². The Bertz CT molecular complexity index is 489. The molecule has 17 heavy (non-hydrogen) atoms. The van der Waals surface area contributed by atoms with Gasteiger partial charge in [-0.05, 0) is 27.6 Å². The van der Waals surface area contributed by atoms with Crippen molar-refractivity contribution in [1.29, 1.82) is 0 Å². The first-order chi connectivity index (χ1) is 8.22. The summed E-state index contributed by atoms with van der Waals surface area (Å²) in [5, 5.41) is 3.67. The lowest BCUT2D eigenvalue weighted by molar-refractivity contribution is 0.550. The van der Waals surface area contributed by atoms with Crippen LogP contribution in [0.25, 0.3) is 0 Å². The lowest BCUT2D eigenvalue weighted by Gasteiger charge is -2.17. The SMILES string of the molecule is NNC(Cc1nccs1)c1cccc(Br)c1Cl. The van der Waals surface area contributed by atoms with Gasteiger partial charge in [0.1, 0.15) is 0 Å². The van der Waals surface area contributed by atoms with E-state index in [0.29, 0.717) is 5.02 Å². The van der Waals surface area contributed by atoms with Crippen LogP contribution in [0.3, 0.4) is 0 Å². The monoisotopic (exact) mass is 331 g/mol. The van der Waals surface area contributed by atoms with Gasteiger partial charge in [0, 0.05) is 22.5 Å². The molecule has 0 aliphatic rings. The van der Waals surface area contributed by atoms with Crippen LogP contribution < -0.4 is 11.3 Å². The number of hydrogen-bond donors (Lipinski definition) is 2. The van der Waals surface area contributed by atoms with E-state index in [1.54, 1.807) is 17.5 Å². The third-order valence-electron chi connectivity index (χ3n) is 2.42. The maximum absolute atomic E-state index is 6.25.